The first-order valence-corrected chi connectivity index (χ1v) is 11.3. The van der Waals surface area contributed by atoms with Crippen LogP contribution >= 0.6 is 23.2 Å². The Bertz CT molecular complexity index is 1060. The van der Waals surface area contributed by atoms with Gasteiger partial charge in [-0.25, -0.2) is 0 Å². The van der Waals surface area contributed by atoms with Crippen LogP contribution in [0.15, 0.2) is 78.9 Å². The summed E-state index contributed by atoms with van der Waals surface area (Å²) in [5.41, 5.74) is 2.76. The van der Waals surface area contributed by atoms with E-state index < -0.39 is 6.04 Å². The van der Waals surface area contributed by atoms with E-state index in [9.17, 15) is 9.59 Å². The molecule has 3 rings (SSSR count). The average Bonchev–Trinajstić information content (AvgIpc) is 2.81. The highest BCUT2D eigenvalue weighted by molar-refractivity contribution is 6.31. The zero-order valence-corrected chi connectivity index (χ0v) is 19.4. The lowest BCUT2D eigenvalue weighted by Gasteiger charge is -2.31. The van der Waals surface area contributed by atoms with E-state index in [-0.39, 0.29) is 24.8 Å². The summed E-state index contributed by atoms with van der Waals surface area (Å²) in [7, 11) is 1.59. The molecule has 0 aliphatic rings. The van der Waals surface area contributed by atoms with Gasteiger partial charge in [0.05, 0.1) is 0 Å². The molecule has 3 aromatic carbocycles. The van der Waals surface area contributed by atoms with Crippen LogP contribution in [0, 0.1) is 0 Å². The molecule has 0 heterocycles. The zero-order chi connectivity index (χ0) is 22.9. The number of benzene rings is 3. The SMILES string of the molecule is CNC(=O)[C@@H](Cc1ccccc1)N(Cc1cccc(Cl)c1)C(=O)CCc1ccccc1Cl. The van der Waals surface area contributed by atoms with Crippen molar-refractivity contribution in [2.75, 3.05) is 7.05 Å². The van der Waals surface area contributed by atoms with Gasteiger partial charge in [-0.15, -0.1) is 0 Å². The van der Waals surface area contributed by atoms with E-state index in [0.29, 0.717) is 22.9 Å². The number of halogens is 2. The first-order valence-electron chi connectivity index (χ1n) is 10.5. The van der Waals surface area contributed by atoms with Crippen molar-refractivity contribution < 1.29 is 9.59 Å². The van der Waals surface area contributed by atoms with Crippen LogP contribution in [0.25, 0.3) is 0 Å². The lowest BCUT2D eigenvalue weighted by molar-refractivity contribution is -0.141. The third-order valence-electron chi connectivity index (χ3n) is 5.33. The molecule has 0 aliphatic heterocycles. The molecule has 0 radical (unpaired) electrons. The maximum absolute atomic E-state index is 13.4. The fourth-order valence-corrected chi connectivity index (χ4v) is 4.08. The van der Waals surface area contributed by atoms with Gasteiger partial charge in [-0.3, -0.25) is 9.59 Å². The standard InChI is InChI=1S/C26H26Cl2N2O2/c1-29-26(32)24(17-19-8-3-2-4-9-19)30(18-20-10-7-12-22(27)16-20)25(31)15-14-21-11-5-6-13-23(21)28/h2-13,16,24H,14-15,17-18H2,1H3,(H,29,32)/t24-/m1/s1. The Morgan fingerprint density at radius 1 is 0.906 bits per heavy atom. The van der Waals surface area contributed by atoms with Crippen molar-refractivity contribution in [2.45, 2.75) is 31.8 Å². The Labute approximate surface area is 199 Å². The van der Waals surface area contributed by atoms with E-state index in [1.807, 2.05) is 72.8 Å². The molecule has 0 aromatic heterocycles. The lowest BCUT2D eigenvalue weighted by Crippen LogP contribution is -2.49. The largest absolute Gasteiger partial charge is 0.357 e. The molecule has 0 spiro atoms. The van der Waals surface area contributed by atoms with Gasteiger partial charge >= 0.3 is 0 Å². The minimum absolute atomic E-state index is 0.116. The van der Waals surface area contributed by atoms with Gasteiger partial charge in [0.2, 0.25) is 11.8 Å². The lowest BCUT2D eigenvalue weighted by atomic mass is 10.0. The van der Waals surface area contributed by atoms with Crippen molar-refractivity contribution in [3.8, 4) is 0 Å². The predicted octanol–water partition coefficient (Wildman–Crippen LogP) is 5.31. The van der Waals surface area contributed by atoms with E-state index in [1.54, 1.807) is 18.0 Å². The van der Waals surface area contributed by atoms with Gasteiger partial charge in [0.25, 0.3) is 0 Å². The summed E-state index contributed by atoms with van der Waals surface area (Å²) in [5, 5.41) is 3.94. The highest BCUT2D eigenvalue weighted by Crippen LogP contribution is 2.21. The Balaban J connectivity index is 1.88. The number of aryl methyl sites for hydroxylation is 1. The van der Waals surface area contributed by atoms with Crippen molar-refractivity contribution in [1.82, 2.24) is 10.2 Å². The van der Waals surface area contributed by atoms with Crippen molar-refractivity contribution >= 4 is 35.0 Å². The van der Waals surface area contributed by atoms with E-state index in [2.05, 4.69) is 5.32 Å². The molecule has 0 bridgehead atoms. The predicted molar refractivity (Wildman–Crippen MR) is 130 cm³/mol. The molecule has 0 saturated carbocycles. The number of likely N-dealkylation sites (N-methyl/N-ethyl adjacent to an activating group) is 1. The molecular formula is C26H26Cl2N2O2. The van der Waals surface area contributed by atoms with Crippen LogP contribution in [0.4, 0.5) is 0 Å². The first-order chi connectivity index (χ1) is 15.5. The molecule has 3 aromatic rings. The van der Waals surface area contributed by atoms with Gasteiger partial charge in [-0.05, 0) is 41.3 Å². The molecule has 6 heteroatoms. The quantitative estimate of drug-likeness (QED) is 0.462. The monoisotopic (exact) mass is 468 g/mol. The number of carbonyl (C=O) groups excluding carboxylic acids is 2. The zero-order valence-electron chi connectivity index (χ0n) is 17.9. The van der Waals surface area contributed by atoms with Crippen LogP contribution < -0.4 is 5.32 Å². The molecule has 1 atom stereocenters. The molecule has 4 nitrogen and oxygen atoms in total. The summed E-state index contributed by atoms with van der Waals surface area (Å²) in [5.74, 6) is -0.323. The van der Waals surface area contributed by atoms with Crippen LogP contribution in [0.3, 0.4) is 0 Å². The van der Waals surface area contributed by atoms with Crippen LogP contribution in [0.2, 0.25) is 10.0 Å². The summed E-state index contributed by atoms with van der Waals surface area (Å²) in [6, 6.07) is 23.9. The normalized spacial score (nSPS) is 11.6. The number of hydrogen-bond donors (Lipinski definition) is 1. The highest BCUT2D eigenvalue weighted by Gasteiger charge is 2.29. The molecule has 0 fully saturated rings. The van der Waals surface area contributed by atoms with Gasteiger partial charge in [-0.1, -0.05) is 83.9 Å². The highest BCUT2D eigenvalue weighted by atomic mass is 35.5. The van der Waals surface area contributed by atoms with Crippen LogP contribution in [0.1, 0.15) is 23.1 Å². The second-order valence-corrected chi connectivity index (χ2v) is 8.41. The Kier molecular flexibility index (Phi) is 8.72. The second-order valence-electron chi connectivity index (χ2n) is 7.56. The van der Waals surface area contributed by atoms with E-state index in [1.165, 1.54) is 0 Å². The van der Waals surface area contributed by atoms with Gasteiger partial charge < -0.3 is 10.2 Å². The topological polar surface area (TPSA) is 49.4 Å². The molecule has 0 unspecified atom stereocenters. The molecular weight excluding hydrogens is 443 g/mol. The third-order valence-corrected chi connectivity index (χ3v) is 5.93. The number of amides is 2. The van der Waals surface area contributed by atoms with Gasteiger partial charge in [0, 0.05) is 36.5 Å². The smallest absolute Gasteiger partial charge is 0.242 e. The molecule has 2 amide bonds. The third kappa shape index (κ3) is 6.59. The van der Waals surface area contributed by atoms with Crippen LogP contribution in [-0.2, 0) is 29.0 Å². The van der Waals surface area contributed by atoms with Crippen LogP contribution in [-0.4, -0.2) is 29.8 Å². The van der Waals surface area contributed by atoms with Crippen molar-refractivity contribution in [2.24, 2.45) is 0 Å². The Hall–Kier alpha value is -2.82. The maximum atomic E-state index is 13.4. The molecule has 0 aliphatic carbocycles. The Morgan fingerprint density at radius 3 is 2.28 bits per heavy atom. The number of nitrogens with zero attached hydrogens (tertiary/aromatic N) is 1. The van der Waals surface area contributed by atoms with Crippen molar-refractivity contribution in [3.63, 3.8) is 0 Å². The molecule has 166 valence electrons. The fourth-order valence-electron chi connectivity index (χ4n) is 3.64. The summed E-state index contributed by atoms with van der Waals surface area (Å²) in [4.78, 5) is 28.0. The Morgan fingerprint density at radius 2 is 1.59 bits per heavy atom. The number of nitrogens with one attached hydrogen (secondary N) is 1. The van der Waals surface area contributed by atoms with Gasteiger partial charge in [-0.2, -0.15) is 0 Å². The average molecular weight is 469 g/mol. The van der Waals surface area contributed by atoms with E-state index in [4.69, 9.17) is 23.2 Å². The molecule has 0 saturated heterocycles. The first kappa shape index (κ1) is 23.8. The number of rotatable bonds is 9. The van der Waals surface area contributed by atoms with Crippen molar-refractivity contribution in [1.29, 1.82) is 0 Å². The van der Waals surface area contributed by atoms with E-state index in [0.717, 1.165) is 16.7 Å². The molecule has 32 heavy (non-hydrogen) atoms. The van der Waals surface area contributed by atoms with E-state index >= 15 is 0 Å². The summed E-state index contributed by atoms with van der Waals surface area (Å²) >= 11 is 12.4. The maximum Gasteiger partial charge on any atom is 0.242 e. The second kappa shape index (κ2) is 11.7. The molecule has 1 N–H and O–H groups in total. The summed E-state index contributed by atoms with van der Waals surface area (Å²) in [6.07, 6.45) is 1.15. The summed E-state index contributed by atoms with van der Waals surface area (Å²) < 4.78 is 0. The van der Waals surface area contributed by atoms with Crippen LogP contribution in [0.5, 0.6) is 0 Å². The number of carbonyl (C=O) groups is 2. The van der Waals surface area contributed by atoms with Gasteiger partial charge in [0.1, 0.15) is 6.04 Å². The van der Waals surface area contributed by atoms with Crippen molar-refractivity contribution in [3.05, 3.63) is 106 Å². The summed E-state index contributed by atoms with van der Waals surface area (Å²) in [6.45, 7) is 0.285. The van der Waals surface area contributed by atoms with Gasteiger partial charge in [0.15, 0.2) is 0 Å². The number of hydrogen-bond acceptors (Lipinski definition) is 2. The minimum atomic E-state index is -0.653. The fraction of sp³-hybridized carbons (Fsp3) is 0.231. The minimum Gasteiger partial charge on any atom is -0.357 e.